The first kappa shape index (κ1) is 18.1. The van der Waals surface area contributed by atoms with Gasteiger partial charge in [-0.1, -0.05) is 18.2 Å². The van der Waals surface area contributed by atoms with Gasteiger partial charge in [-0.05, 0) is 50.2 Å². The van der Waals surface area contributed by atoms with Crippen molar-refractivity contribution in [1.29, 1.82) is 0 Å². The maximum atomic E-state index is 13.1. The Labute approximate surface area is 163 Å². The molecule has 28 heavy (non-hydrogen) atoms. The van der Waals surface area contributed by atoms with Gasteiger partial charge >= 0.3 is 0 Å². The summed E-state index contributed by atoms with van der Waals surface area (Å²) in [4.78, 5) is 0. The Morgan fingerprint density at radius 3 is 2.46 bits per heavy atom. The second-order valence-corrected chi connectivity index (χ2v) is 6.80. The zero-order valence-corrected chi connectivity index (χ0v) is 15.9. The maximum Gasteiger partial charge on any atom is 0.123 e. The summed E-state index contributed by atoms with van der Waals surface area (Å²) in [5.41, 5.74) is 5.23. The normalized spacial score (nSPS) is 12.2. The van der Waals surface area contributed by atoms with Crippen LogP contribution in [0.1, 0.15) is 29.8 Å². The summed E-state index contributed by atoms with van der Waals surface area (Å²) in [5, 5.41) is 12.4. The number of hydrogen-bond acceptors (Lipinski definition) is 3. The quantitative estimate of drug-likeness (QED) is 0.545. The van der Waals surface area contributed by atoms with E-state index in [0.29, 0.717) is 6.54 Å². The van der Waals surface area contributed by atoms with Crippen molar-refractivity contribution in [3.05, 3.63) is 95.8 Å². The highest BCUT2D eigenvalue weighted by Gasteiger charge is 2.14. The van der Waals surface area contributed by atoms with Gasteiger partial charge in [0.05, 0.1) is 23.8 Å². The molecule has 1 atom stereocenters. The minimum absolute atomic E-state index is 0.145. The first-order valence-corrected chi connectivity index (χ1v) is 9.24. The second kappa shape index (κ2) is 7.78. The number of benzene rings is 2. The van der Waals surface area contributed by atoms with Crippen LogP contribution >= 0.6 is 0 Å². The molecule has 2 heterocycles. The summed E-state index contributed by atoms with van der Waals surface area (Å²) in [5.74, 6) is -0.252. The molecule has 2 aromatic carbocycles. The summed E-state index contributed by atoms with van der Waals surface area (Å²) in [6.07, 6.45) is 5.69. The topological polar surface area (TPSA) is 47.7 Å². The van der Waals surface area contributed by atoms with E-state index in [2.05, 4.69) is 29.4 Å². The van der Waals surface area contributed by atoms with Crippen molar-refractivity contribution in [3.63, 3.8) is 0 Å². The van der Waals surface area contributed by atoms with E-state index in [1.165, 1.54) is 12.1 Å². The third kappa shape index (κ3) is 3.73. The molecule has 0 saturated heterocycles. The molecule has 0 saturated carbocycles. The predicted octanol–water partition coefficient (Wildman–Crippen LogP) is 4.36. The Morgan fingerprint density at radius 1 is 0.964 bits per heavy atom. The maximum absolute atomic E-state index is 13.1. The van der Waals surface area contributed by atoms with Crippen LogP contribution < -0.4 is 5.32 Å². The van der Waals surface area contributed by atoms with Crippen LogP contribution in [0.2, 0.25) is 0 Å². The van der Waals surface area contributed by atoms with Crippen LogP contribution in [-0.4, -0.2) is 19.6 Å². The molecule has 0 aliphatic rings. The van der Waals surface area contributed by atoms with Gasteiger partial charge in [0.1, 0.15) is 5.82 Å². The largest absolute Gasteiger partial charge is 0.306 e. The Balaban J connectivity index is 1.43. The Morgan fingerprint density at radius 2 is 1.71 bits per heavy atom. The van der Waals surface area contributed by atoms with E-state index < -0.39 is 0 Å². The molecule has 1 unspecified atom stereocenters. The third-order valence-corrected chi connectivity index (χ3v) is 4.85. The van der Waals surface area contributed by atoms with Crippen molar-refractivity contribution in [2.75, 3.05) is 0 Å². The second-order valence-electron chi connectivity index (χ2n) is 6.80. The first-order valence-electron chi connectivity index (χ1n) is 9.24. The SMILES string of the molecule is Cc1c(C(C)NCc2cnn(-c3ccc(F)cc3)c2)cnn1-c1ccccc1. The van der Waals surface area contributed by atoms with Crippen LogP contribution in [-0.2, 0) is 6.54 Å². The zero-order valence-electron chi connectivity index (χ0n) is 15.9. The molecular formula is C22H22FN5. The molecular weight excluding hydrogens is 353 g/mol. The van der Waals surface area contributed by atoms with Crippen molar-refractivity contribution in [3.8, 4) is 11.4 Å². The van der Waals surface area contributed by atoms with Crippen LogP contribution in [0, 0.1) is 12.7 Å². The number of aromatic nitrogens is 4. The molecule has 0 aliphatic carbocycles. The van der Waals surface area contributed by atoms with Crippen molar-refractivity contribution < 1.29 is 4.39 Å². The fourth-order valence-electron chi connectivity index (χ4n) is 3.24. The summed E-state index contributed by atoms with van der Waals surface area (Å²) in [7, 11) is 0. The fraction of sp³-hybridized carbons (Fsp3) is 0.182. The highest BCUT2D eigenvalue weighted by atomic mass is 19.1. The lowest BCUT2D eigenvalue weighted by Gasteiger charge is -2.13. The highest BCUT2D eigenvalue weighted by molar-refractivity contribution is 5.35. The molecule has 6 heteroatoms. The molecule has 0 aliphatic heterocycles. The van der Waals surface area contributed by atoms with Crippen LogP contribution in [0.5, 0.6) is 0 Å². The first-order chi connectivity index (χ1) is 13.6. The molecule has 1 N–H and O–H groups in total. The van der Waals surface area contributed by atoms with Crippen molar-refractivity contribution in [2.24, 2.45) is 0 Å². The minimum Gasteiger partial charge on any atom is -0.306 e. The smallest absolute Gasteiger partial charge is 0.123 e. The number of hydrogen-bond donors (Lipinski definition) is 1. The predicted molar refractivity (Wildman–Crippen MR) is 107 cm³/mol. The van der Waals surface area contributed by atoms with E-state index in [0.717, 1.165) is 28.2 Å². The number of nitrogens with one attached hydrogen (secondary N) is 1. The summed E-state index contributed by atoms with van der Waals surface area (Å²) >= 11 is 0. The van der Waals surface area contributed by atoms with Crippen molar-refractivity contribution in [2.45, 2.75) is 26.4 Å². The molecule has 0 amide bonds. The van der Waals surface area contributed by atoms with Crippen LogP contribution in [0.15, 0.2) is 73.2 Å². The number of nitrogens with zero attached hydrogens (tertiary/aromatic N) is 4. The Kier molecular flexibility index (Phi) is 5.04. The van der Waals surface area contributed by atoms with Crippen LogP contribution in [0.25, 0.3) is 11.4 Å². The minimum atomic E-state index is -0.252. The molecule has 5 nitrogen and oxygen atoms in total. The molecule has 4 aromatic rings. The van der Waals surface area contributed by atoms with E-state index in [1.54, 1.807) is 16.8 Å². The molecule has 0 bridgehead atoms. The van der Waals surface area contributed by atoms with Gasteiger partial charge in [-0.3, -0.25) is 0 Å². The van der Waals surface area contributed by atoms with Crippen LogP contribution in [0.3, 0.4) is 0 Å². The van der Waals surface area contributed by atoms with E-state index in [1.807, 2.05) is 53.6 Å². The number of halogens is 1. The summed E-state index contributed by atoms with van der Waals surface area (Å²) in [6, 6.07) is 16.6. The van der Waals surface area contributed by atoms with Gasteiger partial charge in [-0.2, -0.15) is 10.2 Å². The molecule has 4 rings (SSSR count). The van der Waals surface area contributed by atoms with E-state index in [-0.39, 0.29) is 11.9 Å². The van der Waals surface area contributed by atoms with Gasteiger partial charge in [0.2, 0.25) is 0 Å². The van der Waals surface area contributed by atoms with Gasteiger partial charge in [0.25, 0.3) is 0 Å². The zero-order chi connectivity index (χ0) is 19.5. The average molecular weight is 375 g/mol. The third-order valence-electron chi connectivity index (χ3n) is 4.85. The molecule has 142 valence electrons. The van der Waals surface area contributed by atoms with E-state index in [4.69, 9.17) is 0 Å². The number of para-hydroxylation sites is 1. The van der Waals surface area contributed by atoms with Gasteiger partial charge in [-0.15, -0.1) is 0 Å². The standard InChI is InChI=1S/C22H22FN5/c1-16(22-14-26-28(17(22)2)21-6-4-3-5-7-21)24-12-18-13-25-27(15-18)20-10-8-19(23)9-11-20/h3-11,13-16,24H,12H2,1-2H3. The van der Waals surface area contributed by atoms with Gasteiger partial charge in [-0.25, -0.2) is 13.8 Å². The van der Waals surface area contributed by atoms with Crippen LogP contribution in [0.4, 0.5) is 4.39 Å². The lowest BCUT2D eigenvalue weighted by atomic mass is 10.1. The van der Waals surface area contributed by atoms with E-state index in [9.17, 15) is 4.39 Å². The number of rotatable bonds is 6. The van der Waals surface area contributed by atoms with Gasteiger partial charge in [0.15, 0.2) is 0 Å². The lowest BCUT2D eigenvalue weighted by Crippen LogP contribution is -2.18. The van der Waals surface area contributed by atoms with Gasteiger partial charge in [0, 0.05) is 35.6 Å². The highest BCUT2D eigenvalue weighted by Crippen LogP contribution is 2.20. The molecule has 0 spiro atoms. The van der Waals surface area contributed by atoms with E-state index >= 15 is 0 Å². The average Bonchev–Trinajstić information content (AvgIpc) is 3.34. The van der Waals surface area contributed by atoms with Crippen molar-refractivity contribution in [1.82, 2.24) is 24.9 Å². The summed E-state index contributed by atoms with van der Waals surface area (Å²) in [6.45, 7) is 4.89. The Bertz CT molecular complexity index is 1050. The lowest BCUT2D eigenvalue weighted by molar-refractivity contribution is 0.571. The molecule has 0 radical (unpaired) electrons. The van der Waals surface area contributed by atoms with Crippen molar-refractivity contribution >= 4 is 0 Å². The molecule has 0 fully saturated rings. The fourth-order valence-corrected chi connectivity index (χ4v) is 3.24. The monoisotopic (exact) mass is 375 g/mol. The Hall–Kier alpha value is -3.25. The van der Waals surface area contributed by atoms with Gasteiger partial charge < -0.3 is 5.32 Å². The molecule has 2 aromatic heterocycles. The summed E-state index contributed by atoms with van der Waals surface area (Å²) < 4.78 is 16.8.